The van der Waals surface area contributed by atoms with Gasteiger partial charge in [0.25, 0.3) is 0 Å². The van der Waals surface area contributed by atoms with E-state index >= 15 is 0 Å². The summed E-state index contributed by atoms with van der Waals surface area (Å²) < 4.78 is 92.7. The molecule has 0 bridgehead atoms. The molecule has 27 heavy (non-hydrogen) atoms. The topological polar surface area (TPSA) is 26.3 Å². The van der Waals surface area contributed by atoms with E-state index < -0.39 is 30.1 Å². The molecule has 0 spiro atoms. The first-order valence-electron chi connectivity index (χ1n) is 9.45. The zero-order valence-corrected chi connectivity index (χ0v) is 15.8. The van der Waals surface area contributed by atoms with Gasteiger partial charge in [0, 0.05) is 0 Å². The van der Waals surface area contributed by atoms with Crippen molar-refractivity contribution in [3.8, 4) is 0 Å². The van der Waals surface area contributed by atoms with Gasteiger partial charge in [-0.2, -0.15) is 30.7 Å². The molecule has 1 atom stereocenters. The van der Waals surface area contributed by atoms with E-state index in [1.165, 1.54) is 19.8 Å². The number of hydrogen-bond donors (Lipinski definition) is 0. The summed E-state index contributed by atoms with van der Waals surface area (Å²) in [5, 5.41) is 0. The third-order valence-corrected chi connectivity index (χ3v) is 4.37. The summed E-state index contributed by atoms with van der Waals surface area (Å²) in [7, 11) is 0. The molecule has 0 amide bonds. The molecule has 0 saturated carbocycles. The molecule has 0 fully saturated rings. The number of rotatable bonds is 14. The lowest BCUT2D eigenvalue weighted by Gasteiger charge is -2.28. The minimum Gasteiger partial charge on any atom is -0.458 e. The first-order chi connectivity index (χ1) is 12.4. The average molecular weight is 410 g/mol. The Kier molecular flexibility index (Phi) is 11.3. The fraction of sp³-hybridized carbons (Fsp3) is 0.944. The quantitative estimate of drug-likeness (QED) is 0.174. The van der Waals surface area contributed by atoms with Gasteiger partial charge < -0.3 is 4.74 Å². The maximum atomic E-state index is 13.3. The van der Waals surface area contributed by atoms with Crippen LogP contribution < -0.4 is 0 Å². The summed E-state index contributed by atoms with van der Waals surface area (Å²) in [6, 6.07) is 0. The van der Waals surface area contributed by atoms with Crippen molar-refractivity contribution in [2.75, 3.05) is 0 Å². The summed E-state index contributed by atoms with van der Waals surface area (Å²) in [6.07, 6.45) is 1.48. The summed E-state index contributed by atoms with van der Waals surface area (Å²) in [4.78, 5) is 11.2. The molecule has 0 radical (unpaired) electrons. The maximum Gasteiger partial charge on any atom is 0.460 e. The first-order valence-corrected chi connectivity index (χ1v) is 9.45. The summed E-state index contributed by atoms with van der Waals surface area (Å²) in [5.41, 5.74) is 0. The molecule has 2 nitrogen and oxygen atoms in total. The van der Waals surface area contributed by atoms with Crippen LogP contribution in [0, 0.1) is 0 Å². The number of ether oxygens (including phenoxy) is 1. The lowest BCUT2D eigenvalue weighted by molar-refractivity contribution is -0.349. The van der Waals surface area contributed by atoms with Gasteiger partial charge >= 0.3 is 24.0 Å². The number of hydrogen-bond acceptors (Lipinski definition) is 2. The van der Waals surface area contributed by atoms with E-state index in [1.807, 2.05) is 0 Å². The van der Waals surface area contributed by atoms with Crippen LogP contribution in [0.5, 0.6) is 0 Å². The second-order valence-electron chi connectivity index (χ2n) is 6.70. The van der Waals surface area contributed by atoms with Gasteiger partial charge in [0.15, 0.2) is 0 Å². The fourth-order valence-electron chi connectivity index (χ4n) is 2.56. The Morgan fingerprint density at radius 2 is 1.22 bits per heavy atom. The van der Waals surface area contributed by atoms with E-state index in [9.17, 15) is 35.5 Å². The average Bonchev–Trinajstić information content (AvgIpc) is 2.57. The number of alkyl halides is 7. The van der Waals surface area contributed by atoms with Gasteiger partial charge in [-0.25, -0.2) is 4.79 Å². The molecule has 0 N–H and O–H groups in total. The van der Waals surface area contributed by atoms with Gasteiger partial charge in [-0.3, -0.25) is 0 Å². The van der Waals surface area contributed by atoms with Crippen LogP contribution >= 0.6 is 0 Å². The van der Waals surface area contributed by atoms with Crippen molar-refractivity contribution in [3.05, 3.63) is 0 Å². The zero-order valence-electron chi connectivity index (χ0n) is 15.8. The molecular formula is C18H29F7O2. The highest BCUT2D eigenvalue weighted by Gasteiger charge is 2.77. The van der Waals surface area contributed by atoms with E-state index in [4.69, 9.17) is 0 Å². The Balaban J connectivity index is 4.30. The third-order valence-electron chi connectivity index (χ3n) is 4.37. The second kappa shape index (κ2) is 11.7. The molecule has 0 heterocycles. The van der Waals surface area contributed by atoms with Crippen LogP contribution in [0.1, 0.15) is 84.5 Å². The van der Waals surface area contributed by atoms with E-state index in [0.29, 0.717) is 6.42 Å². The Morgan fingerprint density at radius 1 is 0.778 bits per heavy atom. The standard InChI is InChI=1S/C18H29F7O2/c1-3-5-6-7-8-9-10-11-12-13-14(4-2)27-15(26)16(19,20)17(21,22)18(23,24)25/h14H,3-13H2,1-2H3. The van der Waals surface area contributed by atoms with Gasteiger partial charge in [0.2, 0.25) is 0 Å². The van der Waals surface area contributed by atoms with Crippen LogP contribution in [-0.2, 0) is 9.53 Å². The van der Waals surface area contributed by atoms with Gasteiger partial charge in [-0.15, -0.1) is 0 Å². The number of carbonyl (C=O) groups is 1. The highest BCUT2D eigenvalue weighted by Crippen LogP contribution is 2.47. The molecule has 1 unspecified atom stereocenters. The van der Waals surface area contributed by atoms with Crippen LogP contribution in [0.15, 0.2) is 0 Å². The summed E-state index contributed by atoms with van der Waals surface area (Å²) in [6.45, 7) is 3.60. The van der Waals surface area contributed by atoms with E-state index in [-0.39, 0.29) is 12.8 Å². The van der Waals surface area contributed by atoms with Crippen LogP contribution in [0.2, 0.25) is 0 Å². The smallest absolute Gasteiger partial charge is 0.458 e. The molecule has 0 aromatic heterocycles. The van der Waals surface area contributed by atoms with Gasteiger partial charge in [-0.05, 0) is 19.3 Å². The van der Waals surface area contributed by atoms with Crippen LogP contribution in [0.25, 0.3) is 0 Å². The Hall–Kier alpha value is -1.02. The molecule has 0 aliphatic rings. The molecule has 0 saturated heterocycles. The van der Waals surface area contributed by atoms with Gasteiger partial charge in [-0.1, -0.05) is 65.2 Å². The third kappa shape index (κ3) is 8.25. The van der Waals surface area contributed by atoms with Crippen molar-refractivity contribution in [1.82, 2.24) is 0 Å². The van der Waals surface area contributed by atoms with Crippen LogP contribution in [0.3, 0.4) is 0 Å². The molecular weight excluding hydrogens is 381 g/mol. The number of halogens is 7. The van der Waals surface area contributed by atoms with Crippen LogP contribution in [-0.4, -0.2) is 30.1 Å². The lowest BCUT2D eigenvalue weighted by atomic mass is 10.0. The number of esters is 1. The fourth-order valence-corrected chi connectivity index (χ4v) is 2.56. The Bertz CT molecular complexity index is 422. The maximum absolute atomic E-state index is 13.3. The number of unbranched alkanes of at least 4 members (excludes halogenated alkanes) is 8. The van der Waals surface area contributed by atoms with Crippen LogP contribution in [0.4, 0.5) is 30.7 Å². The van der Waals surface area contributed by atoms with E-state index in [2.05, 4.69) is 11.7 Å². The normalized spacial score (nSPS) is 14.3. The van der Waals surface area contributed by atoms with Crippen molar-refractivity contribution in [3.63, 3.8) is 0 Å². The van der Waals surface area contributed by atoms with Crippen molar-refractivity contribution in [1.29, 1.82) is 0 Å². The lowest BCUT2D eigenvalue weighted by Crippen LogP contribution is -2.57. The van der Waals surface area contributed by atoms with Crippen molar-refractivity contribution < 1.29 is 40.3 Å². The van der Waals surface area contributed by atoms with Gasteiger partial charge in [0.05, 0.1) is 0 Å². The van der Waals surface area contributed by atoms with E-state index in [0.717, 1.165) is 38.5 Å². The van der Waals surface area contributed by atoms with Crippen molar-refractivity contribution in [2.24, 2.45) is 0 Å². The molecule has 0 aliphatic heterocycles. The molecule has 9 heteroatoms. The Morgan fingerprint density at radius 3 is 1.63 bits per heavy atom. The summed E-state index contributed by atoms with van der Waals surface area (Å²) >= 11 is 0. The zero-order chi connectivity index (χ0) is 21.1. The number of carbonyl (C=O) groups excluding carboxylic acids is 1. The monoisotopic (exact) mass is 410 g/mol. The minimum absolute atomic E-state index is 0.0520. The predicted molar refractivity (Wildman–Crippen MR) is 88.0 cm³/mol. The van der Waals surface area contributed by atoms with Gasteiger partial charge in [0.1, 0.15) is 6.10 Å². The molecule has 0 rings (SSSR count). The molecule has 0 aliphatic carbocycles. The predicted octanol–water partition coefficient (Wildman–Crippen LogP) is 7.06. The summed E-state index contributed by atoms with van der Waals surface area (Å²) in [5.74, 6) is -15.3. The highest BCUT2D eigenvalue weighted by molar-refractivity contribution is 5.79. The first kappa shape index (κ1) is 26.0. The second-order valence-corrected chi connectivity index (χ2v) is 6.70. The molecule has 162 valence electrons. The Labute approximate surface area is 155 Å². The van der Waals surface area contributed by atoms with Crippen molar-refractivity contribution in [2.45, 2.75) is 109 Å². The minimum atomic E-state index is -6.55. The molecule has 0 aromatic carbocycles. The largest absolute Gasteiger partial charge is 0.460 e. The highest BCUT2D eigenvalue weighted by atomic mass is 19.4. The SMILES string of the molecule is CCCCCCCCCCCC(CC)OC(=O)C(F)(F)C(F)(F)C(F)(F)F. The van der Waals surface area contributed by atoms with E-state index in [1.54, 1.807) is 0 Å². The molecule has 0 aromatic rings. The van der Waals surface area contributed by atoms with Crippen molar-refractivity contribution >= 4 is 5.97 Å².